The minimum Gasteiger partial charge on any atom is -0.497 e. The molecule has 0 aliphatic heterocycles. The smallest absolute Gasteiger partial charge is 0.286 e. The molecule has 0 saturated heterocycles. The van der Waals surface area contributed by atoms with Crippen molar-refractivity contribution in [3.63, 3.8) is 0 Å². The number of rotatable bonds is 7. The number of carbonyl (C=O) groups is 2. The van der Waals surface area contributed by atoms with Crippen LogP contribution in [0, 0.1) is 0 Å². The number of thioether (sulfide) groups is 1. The predicted octanol–water partition coefficient (Wildman–Crippen LogP) is 4.37. The SMILES string of the molecule is COc1ccc2c(NC(=O)c3ccc(C(C)Sc4ncc[nH]4)cc3)c(C(N)=O)oc2c1. The number of furan rings is 1. The summed E-state index contributed by atoms with van der Waals surface area (Å²) in [6.07, 6.45) is 3.48. The Morgan fingerprint density at radius 1 is 1.23 bits per heavy atom. The number of anilines is 1. The zero-order valence-corrected chi connectivity index (χ0v) is 17.7. The number of amides is 2. The van der Waals surface area contributed by atoms with E-state index in [1.807, 2.05) is 12.1 Å². The van der Waals surface area contributed by atoms with Crippen molar-refractivity contribution in [3.05, 3.63) is 71.7 Å². The van der Waals surface area contributed by atoms with Gasteiger partial charge in [-0.15, -0.1) is 0 Å². The van der Waals surface area contributed by atoms with Gasteiger partial charge in [-0.3, -0.25) is 9.59 Å². The summed E-state index contributed by atoms with van der Waals surface area (Å²) in [4.78, 5) is 32.0. The topological polar surface area (TPSA) is 123 Å². The number of fused-ring (bicyclic) bond motifs is 1. The van der Waals surface area contributed by atoms with E-state index in [2.05, 4.69) is 22.2 Å². The molecule has 0 saturated carbocycles. The van der Waals surface area contributed by atoms with E-state index in [9.17, 15) is 9.59 Å². The summed E-state index contributed by atoms with van der Waals surface area (Å²) < 4.78 is 10.7. The van der Waals surface area contributed by atoms with Crippen molar-refractivity contribution in [1.29, 1.82) is 0 Å². The van der Waals surface area contributed by atoms with Crippen LogP contribution in [0.4, 0.5) is 5.69 Å². The van der Waals surface area contributed by atoms with Gasteiger partial charge in [-0.1, -0.05) is 23.9 Å². The van der Waals surface area contributed by atoms with Crippen molar-refractivity contribution < 1.29 is 18.7 Å². The van der Waals surface area contributed by atoms with Crippen LogP contribution in [0.15, 0.2) is 64.4 Å². The zero-order chi connectivity index (χ0) is 22.0. The van der Waals surface area contributed by atoms with Gasteiger partial charge in [0.25, 0.3) is 11.8 Å². The Hall–Kier alpha value is -3.72. The first-order valence-electron chi connectivity index (χ1n) is 9.44. The zero-order valence-electron chi connectivity index (χ0n) is 16.8. The van der Waals surface area contributed by atoms with Crippen molar-refractivity contribution >= 4 is 40.2 Å². The van der Waals surface area contributed by atoms with Crippen LogP contribution in [-0.2, 0) is 0 Å². The molecule has 0 spiro atoms. The lowest BCUT2D eigenvalue weighted by Crippen LogP contribution is -2.17. The van der Waals surface area contributed by atoms with E-state index in [-0.39, 0.29) is 22.6 Å². The first kappa shape index (κ1) is 20.5. The van der Waals surface area contributed by atoms with Crippen LogP contribution in [0.2, 0.25) is 0 Å². The van der Waals surface area contributed by atoms with Gasteiger partial charge in [-0.25, -0.2) is 4.98 Å². The lowest BCUT2D eigenvalue weighted by Gasteiger charge is -2.11. The molecule has 0 radical (unpaired) electrons. The van der Waals surface area contributed by atoms with Crippen LogP contribution in [0.25, 0.3) is 11.0 Å². The second-order valence-corrected chi connectivity index (χ2v) is 8.09. The molecule has 1 unspecified atom stereocenters. The summed E-state index contributed by atoms with van der Waals surface area (Å²) in [5, 5.41) is 4.30. The fourth-order valence-electron chi connectivity index (χ4n) is 3.14. The third kappa shape index (κ3) is 4.26. The molecule has 4 N–H and O–H groups in total. The molecule has 4 aromatic rings. The van der Waals surface area contributed by atoms with Crippen LogP contribution in [0.5, 0.6) is 5.75 Å². The van der Waals surface area contributed by atoms with Crippen LogP contribution < -0.4 is 15.8 Å². The maximum absolute atomic E-state index is 12.8. The first-order chi connectivity index (χ1) is 15.0. The largest absolute Gasteiger partial charge is 0.497 e. The minimum atomic E-state index is -0.774. The highest BCUT2D eigenvalue weighted by molar-refractivity contribution is 7.99. The second kappa shape index (κ2) is 8.57. The Kier molecular flexibility index (Phi) is 5.68. The van der Waals surface area contributed by atoms with Gasteiger partial charge in [-0.05, 0) is 36.8 Å². The van der Waals surface area contributed by atoms with E-state index in [4.69, 9.17) is 14.9 Å². The highest BCUT2D eigenvalue weighted by Crippen LogP contribution is 2.34. The van der Waals surface area contributed by atoms with Gasteiger partial charge in [0, 0.05) is 34.7 Å². The number of ether oxygens (including phenoxy) is 1. The lowest BCUT2D eigenvalue weighted by atomic mass is 10.1. The van der Waals surface area contributed by atoms with Crippen molar-refractivity contribution in [3.8, 4) is 5.75 Å². The van der Waals surface area contributed by atoms with Gasteiger partial charge in [0.1, 0.15) is 17.0 Å². The highest BCUT2D eigenvalue weighted by Gasteiger charge is 2.21. The molecule has 0 aliphatic carbocycles. The van der Waals surface area contributed by atoms with Crippen molar-refractivity contribution in [2.24, 2.45) is 5.73 Å². The molecule has 2 amide bonds. The summed E-state index contributed by atoms with van der Waals surface area (Å²) in [5.41, 5.74) is 7.57. The molecule has 1 atom stereocenters. The number of H-pyrrole nitrogens is 1. The second-order valence-electron chi connectivity index (χ2n) is 6.76. The third-order valence-corrected chi connectivity index (χ3v) is 5.84. The van der Waals surface area contributed by atoms with Gasteiger partial charge in [0.15, 0.2) is 5.16 Å². The number of imidazole rings is 1. The highest BCUT2D eigenvalue weighted by atomic mass is 32.2. The average molecular weight is 436 g/mol. The third-order valence-electron chi connectivity index (χ3n) is 4.76. The predicted molar refractivity (Wildman–Crippen MR) is 119 cm³/mol. The molecule has 0 bridgehead atoms. The fraction of sp³-hybridized carbons (Fsp3) is 0.136. The summed E-state index contributed by atoms with van der Waals surface area (Å²) in [7, 11) is 1.53. The number of carbonyl (C=O) groups excluding carboxylic acids is 2. The Labute approximate surface area is 182 Å². The Bertz CT molecular complexity index is 1230. The van der Waals surface area contributed by atoms with E-state index in [0.717, 1.165) is 10.7 Å². The van der Waals surface area contributed by atoms with Crippen molar-refractivity contribution in [1.82, 2.24) is 9.97 Å². The number of primary amides is 1. The molecule has 8 nitrogen and oxygen atoms in total. The van der Waals surface area contributed by atoms with E-state index in [0.29, 0.717) is 22.3 Å². The van der Waals surface area contributed by atoms with Crippen molar-refractivity contribution in [2.45, 2.75) is 17.3 Å². The molecule has 9 heteroatoms. The number of aromatic nitrogens is 2. The van der Waals surface area contributed by atoms with E-state index in [1.165, 1.54) is 7.11 Å². The number of hydrogen-bond donors (Lipinski definition) is 3. The van der Waals surface area contributed by atoms with Gasteiger partial charge < -0.3 is 25.2 Å². The summed E-state index contributed by atoms with van der Waals surface area (Å²) in [6.45, 7) is 2.06. The van der Waals surface area contributed by atoms with Crippen LogP contribution >= 0.6 is 11.8 Å². The summed E-state index contributed by atoms with van der Waals surface area (Å²) >= 11 is 1.59. The van der Waals surface area contributed by atoms with Crippen LogP contribution in [0.3, 0.4) is 0 Å². The molecule has 2 aromatic carbocycles. The molecular formula is C22H20N4O4S. The molecule has 2 aromatic heterocycles. The van der Waals surface area contributed by atoms with E-state index < -0.39 is 5.91 Å². The van der Waals surface area contributed by atoms with E-state index >= 15 is 0 Å². The Morgan fingerprint density at radius 2 is 2.00 bits per heavy atom. The van der Waals surface area contributed by atoms with Gasteiger partial charge in [-0.2, -0.15) is 0 Å². The normalized spacial score (nSPS) is 11.9. The maximum atomic E-state index is 12.8. The molecule has 31 heavy (non-hydrogen) atoms. The van der Waals surface area contributed by atoms with Gasteiger partial charge >= 0.3 is 0 Å². The van der Waals surface area contributed by atoms with Gasteiger partial charge in [0.05, 0.1) is 7.11 Å². The van der Waals surface area contributed by atoms with Gasteiger partial charge in [0.2, 0.25) is 5.76 Å². The van der Waals surface area contributed by atoms with Crippen LogP contribution in [0.1, 0.15) is 38.6 Å². The molecular weight excluding hydrogens is 416 g/mol. The first-order valence-corrected chi connectivity index (χ1v) is 10.3. The number of methoxy groups -OCH3 is 1. The number of nitrogens with one attached hydrogen (secondary N) is 2. The summed E-state index contributed by atoms with van der Waals surface area (Å²) in [6, 6.07) is 12.3. The Morgan fingerprint density at radius 3 is 2.65 bits per heavy atom. The fourth-order valence-corrected chi connectivity index (χ4v) is 4.03. The number of nitrogens with two attached hydrogens (primary N) is 1. The lowest BCUT2D eigenvalue weighted by molar-refractivity contribution is 0.0977. The summed E-state index contributed by atoms with van der Waals surface area (Å²) in [5.74, 6) is -0.701. The molecule has 0 aliphatic rings. The monoisotopic (exact) mass is 436 g/mol. The minimum absolute atomic E-state index is 0.114. The Balaban J connectivity index is 1.56. The maximum Gasteiger partial charge on any atom is 0.286 e. The van der Waals surface area contributed by atoms with Crippen LogP contribution in [-0.4, -0.2) is 28.9 Å². The average Bonchev–Trinajstić information content (AvgIpc) is 3.41. The van der Waals surface area contributed by atoms with Crippen molar-refractivity contribution in [2.75, 3.05) is 12.4 Å². The number of nitrogens with zero attached hydrogens (tertiary/aromatic N) is 1. The molecule has 158 valence electrons. The quantitative estimate of drug-likeness (QED) is 0.370. The van der Waals surface area contributed by atoms with E-state index in [1.54, 1.807) is 54.5 Å². The molecule has 4 rings (SSSR count). The molecule has 0 fully saturated rings. The standard InChI is InChI=1S/C22H20N4O4S/c1-12(31-22-24-9-10-25-22)13-3-5-14(6-4-13)21(28)26-18-16-8-7-15(29-2)11-17(16)30-19(18)20(23)27/h3-12H,1-2H3,(H2,23,27)(H,24,25)(H,26,28). The molecule has 2 heterocycles. The number of hydrogen-bond acceptors (Lipinski definition) is 6. The number of benzene rings is 2. The number of aromatic amines is 1.